The molecule has 0 saturated carbocycles. The number of hydrogen-bond donors (Lipinski definition) is 1. The molecule has 31 heavy (non-hydrogen) atoms. The average Bonchev–Trinajstić information content (AvgIpc) is 3.05. The standard InChI is InChI=1S/C25H25N3O3/c1-6-21-23(26-4)22(24(28(21)5)25(30)31-7-2)19-10-8-17(9-11-19)18-12-14-20(15-13-18)27-16(3)29/h8-15H,6-7H2,1-3,5H3,(H,27,29). The van der Waals surface area contributed by atoms with Gasteiger partial charge in [-0.25, -0.2) is 9.64 Å². The molecule has 1 amide bonds. The number of amides is 1. The first-order chi connectivity index (χ1) is 14.9. The summed E-state index contributed by atoms with van der Waals surface area (Å²) in [5.41, 5.74) is 5.84. The highest BCUT2D eigenvalue weighted by Gasteiger charge is 2.26. The van der Waals surface area contributed by atoms with Gasteiger partial charge in [0.05, 0.1) is 13.2 Å². The number of carbonyl (C=O) groups is 2. The van der Waals surface area contributed by atoms with Crippen LogP contribution in [0.1, 0.15) is 37.0 Å². The van der Waals surface area contributed by atoms with Gasteiger partial charge in [-0.3, -0.25) is 4.79 Å². The molecule has 0 aliphatic heterocycles. The Bertz CT molecular complexity index is 1150. The summed E-state index contributed by atoms with van der Waals surface area (Å²) in [6.45, 7) is 13.2. The summed E-state index contributed by atoms with van der Waals surface area (Å²) < 4.78 is 7.04. The number of aromatic nitrogens is 1. The molecule has 3 rings (SSSR count). The second-order valence-electron chi connectivity index (χ2n) is 7.10. The van der Waals surface area contributed by atoms with E-state index in [4.69, 9.17) is 11.3 Å². The second kappa shape index (κ2) is 9.31. The molecule has 6 heteroatoms. The number of benzene rings is 2. The van der Waals surface area contributed by atoms with Crippen molar-refractivity contribution in [1.29, 1.82) is 0 Å². The van der Waals surface area contributed by atoms with Crippen LogP contribution in [0.3, 0.4) is 0 Å². The number of rotatable bonds is 6. The van der Waals surface area contributed by atoms with Crippen LogP contribution in [0.4, 0.5) is 11.4 Å². The fourth-order valence-corrected chi connectivity index (χ4v) is 3.73. The van der Waals surface area contributed by atoms with E-state index in [-0.39, 0.29) is 12.5 Å². The van der Waals surface area contributed by atoms with Crippen LogP contribution in [0.2, 0.25) is 0 Å². The zero-order valence-electron chi connectivity index (χ0n) is 18.2. The molecule has 158 valence electrons. The average molecular weight is 415 g/mol. The van der Waals surface area contributed by atoms with E-state index in [1.54, 1.807) is 18.5 Å². The monoisotopic (exact) mass is 415 g/mol. The molecule has 1 N–H and O–H groups in total. The van der Waals surface area contributed by atoms with Crippen molar-refractivity contribution < 1.29 is 14.3 Å². The van der Waals surface area contributed by atoms with Crippen molar-refractivity contribution in [1.82, 2.24) is 4.57 Å². The zero-order chi connectivity index (χ0) is 22.5. The number of ether oxygens (including phenoxy) is 1. The Morgan fingerprint density at radius 1 is 1.00 bits per heavy atom. The lowest BCUT2D eigenvalue weighted by Crippen LogP contribution is -2.12. The molecule has 0 saturated heterocycles. The Balaban J connectivity index is 2.03. The first-order valence-corrected chi connectivity index (χ1v) is 10.2. The summed E-state index contributed by atoms with van der Waals surface area (Å²) in [4.78, 5) is 27.6. The number of anilines is 1. The van der Waals surface area contributed by atoms with Crippen LogP contribution < -0.4 is 5.32 Å². The maximum atomic E-state index is 12.7. The topological polar surface area (TPSA) is 64.7 Å². The van der Waals surface area contributed by atoms with Gasteiger partial charge in [-0.2, -0.15) is 0 Å². The van der Waals surface area contributed by atoms with Crippen molar-refractivity contribution in [3.8, 4) is 22.3 Å². The molecule has 6 nitrogen and oxygen atoms in total. The summed E-state index contributed by atoms with van der Waals surface area (Å²) in [6.07, 6.45) is 0.638. The van der Waals surface area contributed by atoms with Crippen molar-refractivity contribution >= 4 is 23.3 Å². The van der Waals surface area contributed by atoms with E-state index in [1.807, 2.05) is 55.5 Å². The molecule has 0 aliphatic rings. The van der Waals surface area contributed by atoms with Gasteiger partial charge >= 0.3 is 5.97 Å². The van der Waals surface area contributed by atoms with E-state index < -0.39 is 5.97 Å². The Kier molecular flexibility index (Phi) is 6.56. The normalized spacial score (nSPS) is 10.4. The third kappa shape index (κ3) is 4.36. The lowest BCUT2D eigenvalue weighted by molar-refractivity contribution is -0.114. The summed E-state index contributed by atoms with van der Waals surface area (Å²) in [6, 6.07) is 15.3. The molecule has 0 fully saturated rings. The summed E-state index contributed by atoms with van der Waals surface area (Å²) in [5, 5.41) is 2.75. The van der Waals surface area contributed by atoms with E-state index in [1.165, 1.54) is 6.92 Å². The minimum absolute atomic E-state index is 0.112. The van der Waals surface area contributed by atoms with E-state index in [0.29, 0.717) is 23.4 Å². The number of esters is 1. The molecule has 0 radical (unpaired) electrons. The van der Waals surface area contributed by atoms with Crippen molar-refractivity contribution in [2.24, 2.45) is 7.05 Å². The maximum Gasteiger partial charge on any atom is 0.354 e. The minimum atomic E-state index is -0.428. The predicted molar refractivity (Wildman–Crippen MR) is 122 cm³/mol. The first-order valence-electron chi connectivity index (χ1n) is 10.2. The van der Waals surface area contributed by atoms with Gasteiger partial charge < -0.3 is 14.6 Å². The lowest BCUT2D eigenvalue weighted by atomic mass is 9.99. The Labute approximate surface area is 182 Å². The predicted octanol–water partition coefficient (Wildman–Crippen LogP) is 5.61. The van der Waals surface area contributed by atoms with Crippen LogP contribution >= 0.6 is 0 Å². The van der Waals surface area contributed by atoms with Gasteiger partial charge in [0, 0.05) is 30.9 Å². The van der Waals surface area contributed by atoms with Crippen molar-refractivity contribution in [2.75, 3.05) is 11.9 Å². The Morgan fingerprint density at radius 2 is 1.55 bits per heavy atom. The zero-order valence-corrected chi connectivity index (χ0v) is 18.2. The van der Waals surface area contributed by atoms with Gasteiger partial charge in [0.2, 0.25) is 11.6 Å². The number of nitrogens with one attached hydrogen (secondary N) is 1. The smallest absolute Gasteiger partial charge is 0.354 e. The van der Waals surface area contributed by atoms with E-state index in [9.17, 15) is 9.59 Å². The molecule has 2 aromatic carbocycles. The lowest BCUT2D eigenvalue weighted by Gasteiger charge is -2.10. The van der Waals surface area contributed by atoms with Crippen molar-refractivity contribution in [2.45, 2.75) is 27.2 Å². The Hall–Kier alpha value is -3.85. The SMILES string of the molecule is [C-]#[N+]c1c(-c2ccc(-c3ccc(NC(C)=O)cc3)cc2)c(C(=O)OCC)n(C)c1CC. The molecule has 0 spiro atoms. The fraction of sp³-hybridized carbons (Fsp3) is 0.240. The molecule has 0 unspecified atom stereocenters. The van der Waals surface area contributed by atoms with Gasteiger partial charge in [0.25, 0.3) is 0 Å². The number of nitrogens with zero attached hydrogens (tertiary/aromatic N) is 2. The van der Waals surface area contributed by atoms with Crippen molar-refractivity contribution in [3.05, 3.63) is 71.3 Å². The number of hydrogen-bond acceptors (Lipinski definition) is 3. The molecular formula is C25H25N3O3. The molecule has 3 aromatic rings. The van der Waals surface area contributed by atoms with Crippen LogP contribution in [0.5, 0.6) is 0 Å². The van der Waals surface area contributed by atoms with E-state index in [0.717, 1.165) is 28.1 Å². The van der Waals surface area contributed by atoms with Crippen LogP contribution in [0.15, 0.2) is 48.5 Å². The van der Waals surface area contributed by atoms with E-state index in [2.05, 4.69) is 10.2 Å². The summed E-state index contributed by atoms with van der Waals surface area (Å²) >= 11 is 0. The molecular weight excluding hydrogens is 390 g/mol. The van der Waals surface area contributed by atoms with Gasteiger partial charge in [0.1, 0.15) is 5.69 Å². The number of carbonyl (C=O) groups excluding carboxylic acids is 2. The van der Waals surface area contributed by atoms with Crippen LogP contribution in [0.25, 0.3) is 27.1 Å². The van der Waals surface area contributed by atoms with Crippen LogP contribution in [-0.2, 0) is 23.0 Å². The molecule has 1 heterocycles. The van der Waals surface area contributed by atoms with Gasteiger partial charge in [-0.15, -0.1) is 0 Å². The quantitative estimate of drug-likeness (QED) is 0.420. The fourth-order valence-electron chi connectivity index (χ4n) is 3.73. The third-order valence-corrected chi connectivity index (χ3v) is 5.11. The summed E-state index contributed by atoms with van der Waals surface area (Å²) in [7, 11) is 1.80. The minimum Gasteiger partial charge on any atom is -0.461 e. The van der Waals surface area contributed by atoms with Gasteiger partial charge in [-0.1, -0.05) is 43.3 Å². The van der Waals surface area contributed by atoms with E-state index >= 15 is 0 Å². The highest BCUT2D eigenvalue weighted by atomic mass is 16.5. The first kappa shape index (κ1) is 21.8. The van der Waals surface area contributed by atoms with Crippen LogP contribution in [0, 0.1) is 6.57 Å². The highest BCUT2D eigenvalue weighted by molar-refractivity contribution is 6.01. The van der Waals surface area contributed by atoms with Gasteiger partial charge in [0.15, 0.2) is 0 Å². The Morgan fingerprint density at radius 3 is 2.03 bits per heavy atom. The van der Waals surface area contributed by atoms with Crippen molar-refractivity contribution in [3.63, 3.8) is 0 Å². The summed E-state index contributed by atoms with van der Waals surface area (Å²) in [5.74, 6) is -0.540. The van der Waals surface area contributed by atoms with Gasteiger partial charge in [-0.05, 0) is 42.2 Å². The second-order valence-corrected chi connectivity index (χ2v) is 7.10. The van der Waals surface area contributed by atoms with Crippen LogP contribution in [-0.4, -0.2) is 23.1 Å². The highest BCUT2D eigenvalue weighted by Crippen LogP contribution is 2.40. The molecule has 1 aromatic heterocycles. The largest absolute Gasteiger partial charge is 0.461 e. The molecule has 0 atom stereocenters. The third-order valence-electron chi connectivity index (χ3n) is 5.11. The molecule has 0 bridgehead atoms. The molecule has 0 aliphatic carbocycles. The maximum absolute atomic E-state index is 12.7.